The van der Waals surface area contributed by atoms with E-state index >= 15 is 0 Å². The van der Waals surface area contributed by atoms with Crippen LogP contribution < -0.4 is 5.32 Å². The zero-order valence-corrected chi connectivity index (χ0v) is 29.2. The molecule has 4 heteroatoms. The molecule has 1 aliphatic rings. The maximum atomic E-state index is 12.3. The smallest absolute Gasteiger partial charge is 0.220 e. The Bertz CT molecular complexity index is 794. The molecule has 4 nitrogen and oxygen atoms in total. The Balaban J connectivity index is 1.91. The molecule has 0 aromatic rings. The predicted octanol–water partition coefficient (Wildman–Crippen LogP) is 11.4. The second kappa shape index (κ2) is 32.3. The van der Waals surface area contributed by atoms with Crippen molar-refractivity contribution in [2.75, 3.05) is 26.2 Å². The summed E-state index contributed by atoms with van der Waals surface area (Å²) >= 11 is 0. The predicted molar refractivity (Wildman–Crippen MR) is 196 cm³/mol. The first-order chi connectivity index (χ1) is 21.8. The van der Waals surface area contributed by atoms with Crippen molar-refractivity contribution in [3.63, 3.8) is 0 Å². The quantitative estimate of drug-likeness (QED) is 0.0627. The molecule has 1 heterocycles. The summed E-state index contributed by atoms with van der Waals surface area (Å²) in [6, 6.07) is 0. The van der Waals surface area contributed by atoms with Crippen LogP contribution >= 0.6 is 0 Å². The van der Waals surface area contributed by atoms with Crippen LogP contribution in [0.15, 0.2) is 53.6 Å². The van der Waals surface area contributed by atoms with Gasteiger partial charge in [-0.15, -0.1) is 0 Å². The number of rotatable bonds is 31. The van der Waals surface area contributed by atoms with Gasteiger partial charge >= 0.3 is 0 Å². The Labute approximate surface area is 274 Å². The molecule has 1 N–H and O–H groups in total. The van der Waals surface area contributed by atoms with Gasteiger partial charge in [0, 0.05) is 32.5 Å². The molecule has 0 saturated carbocycles. The summed E-state index contributed by atoms with van der Waals surface area (Å²) in [4.78, 5) is 19.4. The number of amidine groups is 1. The van der Waals surface area contributed by atoms with Gasteiger partial charge in [0.1, 0.15) is 0 Å². The monoisotopic (exact) mass is 610 g/mol. The number of hydrogen-bond acceptors (Lipinski definition) is 3. The maximum Gasteiger partial charge on any atom is 0.220 e. The summed E-state index contributed by atoms with van der Waals surface area (Å²) in [6.07, 6.45) is 47.7. The number of carbonyl (C=O) groups excluding carboxylic acids is 1. The molecule has 0 saturated heterocycles. The van der Waals surface area contributed by atoms with E-state index in [0.29, 0.717) is 6.42 Å². The number of amides is 1. The molecule has 0 radical (unpaired) electrons. The van der Waals surface area contributed by atoms with Crippen molar-refractivity contribution in [1.82, 2.24) is 10.2 Å². The van der Waals surface area contributed by atoms with E-state index < -0.39 is 0 Å². The van der Waals surface area contributed by atoms with Crippen molar-refractivity contribution in [3.8, 4) is 0 Å². The highest BCUT2D eigenvalue weighted by atomic mass is 16.1. The van der Waals surface area contributed by atoms with Crippen molar-refractivity contribution in [1.29, 1.82) is 0 Å². The van der Waals surface area contributed by atoms with Crippen molar-refractivity contribution < 1.29 is 4.79 Å². The summed E-state index contributed by atoms with van der Waals surface area (Å²) in [7, 11) is 0. The van der Waals surface area contributed by atoms with Crippen LogP contribution in [0.25, 0.3) is 0 Å². The topological polar surface area (TPSA) is 44.7 Å². The van der Waals surface area contributed by atoms with Crippen molar-refractivity contribution in [2.24, 2.45) is 4.99 Å². The SMILES string of the molecule is CCCCCC=CCC=CCCCCCCCC(=O)NCCN1CCN=C1CCCCCCCC=CCC=CCCCCC. The minimum atomic E-state index is 0.210. The number of allylic oxidation sites excluding steroid dienone is 8. The first kappa shape index (κ1) is 39.9. The number of carbonyl (C=O) groups is 1. The second-order valence-electron chi connectivity index (χ2n) is 12.6. The minimum Gasteiger partial charge on any atom is -0.357 e. The van der Waals surface area contributed by atoms with Crippen molar-refractivity contribution in [2.45, 2.75) is 168 Å². The highest BCUT2D eigenvalue weighted by Crippen LogP contribution is 2.13. The molecule has 0 unspecified atom stereocenters. The highest BCUT2D eigenvalue weighted by molar-refractivity contribution is 5.83. The fraction of sp³-hybridized carbons (Fsp3) is 0.750. The van der Waals surface area contributed by atoms with Gasteiger partial charge in [0.25, 0.3) is 0 Å². The zero-order valence-electron chi connectivity index (χ0n) is 29.2. The van der Waals surface area contributed by atoms with E-state index in [1.54, 1.807) is 0 Å². The van der Waals surface area contributed by atoms with Gasteiger partial charge in [-0.1, -0.05) is 127 Å². The summed E-state index contributed by atoms with van der Waals surface area (Å²) in [5, 5.41) is 3.14. The lowest BCUT2D eigenvalue weighted by Gasteiger charge is -2.20. The molecule has 0 aromatic carbocycles. The minimum absolute atomic E-state index is 0.210. The summed E-state index contributed by atoms with van der Waals surface area (Å²) in [5.41, 5.74) is 0. The van der Waals surface area contributed by atoms with Crippen molar-refractivity contribution in [3.05, 3.63) is 48.6 Å². The van der Waals surface area contributed by atoms with Gasteiger partial charge in [0.15, 0.2) is 0 Å². The average Bonchev–Trinajstić information content (AvgIpc) is 3.48. The highest BCUT2D eigenvalue weighted by Gasteiger charge is 2.16. The molecule has 0 spiro atoms. The van der Waals surface area contributed by atoms with Crippen molar-refractivity contribution >= 4 is 11.7 Å². The third kappa shape index (κ3) is 26.3. The van der Waals surface area contributed by atoms with Crippen LogP contribution in [-0.4, -0.2) is 42.8 Å². The van der Waals surface area contributed by atoms with Gasteiger partial charge in [-0.3, -0.25) is 9.79 Å². The third-order valence-electron chi connectivity index (χ3n) is 8.44. The Hall–Kier alpha value is -2.10. The van der Waals surface area contributed by atoms with Crippen LogP contribution in [0.4, 0.5) is 0 Å². The number of unbranched alkanes of at least 4 members (excludes halogenated alkanes) is 16. The fourth-order valence-corrected chi connectivity index (χ4v) is 5.62. The lowest BCUT2D eigenvalue weighted by Crippen LogP contribution is -2.36. The molecule has 1 rings (SSSR count). The summed E-state index contributed by atoms with van der Waals surface area (Å²) < 4.78 is 0. The van der Waals surface area contributed by atoms with Gasteiger partial charge in [-0.25, -0.2) is 0 Å². The summed E-state index contributed by atoms with van der Waals surface area (Å²) in [5.74, 6) is 1.47. The van der Waals surface area contributed by atoms with Gasteiger partial charge < -0.3 is 10.2 Å². The molecule has 0 bridgehead atoms. The fourth-order valence-electron chi connectivity index (χ4n) is 5.62. The van der Waals surface area contributed by atoms with Gasteiger partial charge in [-0.05, 0) is 77.0 Å². The maximum absolute atomic E-state index is 12.3. The number of hydrogen-bond donors (Lipinski definition) is 1. The van der Waals surface area contributed by atoms with Crippen LogP contribution in [-0.2, 0) is 4.79 Å². The zero-order chi connectivity index (χ0) is 31.6. The Morgan fingerprint density at radius 3 is 1.66 bits per heavy atom. The molecule has 0 aromatic heterocycles. The normalized spacial score (nSPS) is 13.9. The molecular weight excluding hydrogens is 538 g/mol. The number of nitrogens with one attached hydrogen (secondary N) is 1. The van der Waals surface area contributed by atoms with E-state index in [0.717, 1.165) is 58.3 Å². The first-order valence-electron chi connectivity index (χ1n) is 18.9. The molecule has 1 aliphatic heterocycles. The average molecular weight is 610 g/mol. The molecule has 1 amide bonds. The van der Waals surface area contributed by atoms with Crippen LogP contribution in [0.5, 0.6) is 0 Å². The largest absolute Gasteiger partial charge is 0.357 e. The lowest BCUT2D eigenvalue weighted by molar-refractivity contribution is -0.121. The second-order valence-corrected chi connectivity index (χ2v) is 12.6. The summed E-state index contributed by atoms with van der Waals surface area (Å²) in [6.45, 7) is 8.07. The van der Waals surface area contributed by atoms with Crippen LogP contribution in [0.3, 0.4) is 0 Å². The molecule has 0 atom stereocenters. The van der Waals surface area contributed by atoms with Crippen LogP contribution in [0, 0.1) is 0 Å². The Morgan fingerprint density at radius 2 is 1.11 bits per heavy atom. The van der Waals surface area contributed by atoms with Gasteiger partial charge in [0.2, 0.25) is 5.91 Å². The van der Waals surface area contributed by atoms with E-state index in [1.807, 2.05) is 0 Å². The number of nitrogens with zero attached hydrogens (tertiary/aromatic N) is 2. The van der Waals surface area contributed by atoms with E-state index in [9.17, 15) is 4.79 Å². The van der Waals surface area contributed by atoms with Gasteiger partial charge in [-0.2, -0.15) is 0 Å². The molecule has 0 aliphatic carbocycles. The van der Waals surface area contributed by atoms with E-state index in [-0.39, 0.29) is 5.91 Å². The van der Waals surface area contributed by atoms with E-state index in [2.05, 4.69) is 72.7 Å². The van der Waals surface area contributed by atoms with E-state index in [4.69, 9.17) is 4.99 Å². The van der Waals surface area contributed by atoms with Crippen LogP contribution in [0.2, 0.25) is 0 Å². The molecule has 252 valence electrons. The molecular formula is C40H71N3O. The van der Waals surface area contributed by atoms with Crippen LogP contribution in [0.1, 0.15) is 168 Å². The number of aliphatic imine (C=N–C) groups is 1. The first-order valence-corrected chi connectivity index (χ1v) is 18.9. The van der Waals surface area contributed by atoms with E-state index in [1.165, 1.54) is 121 Å². The Kier molecular flexibility index (Phi) is 29.3. The lowest BCUT2D eigenvalue weighted by atomic mass is 10.1. The molecule has 0 fully saturated rings. The molecule has 44 heavy (non-hydrogen) atoms. The third-order valence-corrected chi connectivity index (χ3v) is 8.44. The van der Waals surface area contributed by atoms with Gasteiger partial charge in [0.05, 0.1) is 12.4 Å². The Morgan fingerprint density at radius 1 is 0.636 bits per heavy atom. The standard InChI is InChI=1S/C40H71N3O/c1-3-5-7-9-11-13-15-17-19-21-23-25-27-29-31-33-39-41-35-37-43(39)38-36-42-40(44)34-32-30-28-26-24-22-20-18-16-14-12-10-8-6-4-2/h11-14,17-20H,3-10,15-16,21-38H2,1-2H3,(H,42,44).